The van der Waals surface area contributed by atoms with E-state index in [-0.39, 0.29) is 17.1 Å². The average Bonchev–Trinajstić information content (AvgIpc) is 2.59. The fraction of sp³-hybridized carbons (Fsp3) is 0. The Morgan fingerprint density at radius 2 is 1.50 bits per heavy atom. The van der Waals surface area contributed by atoms with Crippen molar-refractivity contribution in [3.63, 3.8) is 0 Å². The number of fused-ring (bicyclic) bond motifs is 1. The van der Waals surface area contributed by atoms with Gasteiger partial charge in [0.25, 0.3) is 5.69 Å². The van der Waals surface area contributed by atoms with Crippen LogP contribution in [-0.4, -0.2) is 9.85 Å². The molecule has 0 amide bonds. The van der Waals surface area contributed by atoms with Crippen molar-refractivity contribution in [1.82, 2.24) is 0 Å². The second-order valence-electron chi connectivity index (χ2n) is 5.03. The van der Waals surface area contributed by atoms with Crippen LogP contribution >= 0.6 is 0 Å². The maximum atomic E-state index is 11.1. The van der Waals surface area contributed by atoms with Gasteiger partial charge in [-0.05, 0) is 29.0 Å². The van der Waals surface area contributed by atoms with Crippen molar-refractivity contribution in [3.8, 4) is 0 Å². The van der Waals surface area contributed by atoms with Crippen LogP contribution in [0, 0.1) is 20.2 Å². The van der Waals surface area contributed by atoms with Gasteiger partial charge < -0.3 is 5.43 Å². The molecule has 0 spiro atoms. The molecule has 120 valence electrons. The van der Waals surface area contributed by atoms with Crippen molar-refractivity contribution in [2.75, 3.05) is 10.9 Å². The van der Waals surface area contributed by atoms with Crippen molar-refractivity contribution in [1.29, 1.82) is 0 Å². The van der Waals surface area contributed by atoms with Gasteiger partial charge in [-0.3, -0.25) is 25.7 Å². The molecular formula is C16H12N4O4. The van der Waals surface area contributed by atoms with Crippen LogP contribution in [0.5, 0.6) is 0 Å². The lowest BCUT2D eigenvalue weighted by molar-refractivity contribution is -0.393. The molecule has 24 heavy (non-hydrogen) atoms. The molecule has 0 fully saturated rings. The molecule has 8 nitrogen and oxygen atoms in total. The first-order valence-corrected chi connectivity index (χ1v) is 6.98. The number of nitrogens with one attached hydrogen (secondary N) is 2. The van der Waals surface area contributed by atoms with Gasteiger partial charge in [-0.15, -0.1) is 0 Å². The zero-order chi connectivity index (χ0) is 17.1. The predicted molar refractivity (Wildman–Crippen MR) is 90.9 cm³/mol. The largest absolute Gasteiger partial charge is 0.301 e. The number of hydrogen-bond acceptors (Lipinski definition) is 6. The molecule has 3 aromatic carbocycles. The SMILES string of the molecule is O=[N+]([O-])c1ccc(NNc2ccc3ccccc3c2)c([N+](=O)[O-])c1. The molecular weight excluding hydrogens is 312 g/mol. The number of nitro benzene ring substituents is 2. The van der Waals surface area contributed by atoms with Gasteiger partial charge in [0.1, 0.15) is 5.69 Å². The molecule has 0 radical (unpaired) electrons. The number of nitrogens with zero attached hydrogens (tertiary/aromatic N) is 2. The number of hydrogen-bond donors (Lipinski definition) is 2. The van der Waals surface area contributed by atoms with Crippen LogP contribution in [0.25, 0.3) is 10.8 Å². The Labute approximate surface area is 136 Å². The Bertz CT molecular complexity index is 942. The summed E-state index contributed by atoms with van der Waals surface area (Å²) in [5.41, 5.74) is 5.73. The third-order valence-electron chi connectivity index (χ3n) is 3.48. The fourth-order valence-electron chi connectivity index (χ4n) is 2.30. The number of rotatable bonds is 5. The molecule has 0 unspecified atom stereocenters. The molecule has 2 N–H and O–H groups in total. The van der Waals surface area contributed by atoms with Crippen LogP contribution in [0.3, 0.4) is 0 Å². The molecule has 3 aromatic rings. The lowest BCUT2D eigenvalue weighted by Crippen LogP contribution is -2.10. The minimum Gasteiger partial charge on any atom is -0.301 e. The summed E-state index contributed by atoms with van der Waals surface area (Å²) in [6, 6.07) is 16.8. The van der Waals surface area contributed by atoms with Gasteiger partial charge in [0, 0.05) is 6.07 Å². The summed E-state index contributed by atoms with van der Waals surface area (Å²) in [6.07, 6.45) is 0. The van der Waals surface area contributed by atoms with E-state index >= 15 is 0 Å². The van der Waals surface area contributed by atoms with Crippen molar-refractivity contribution in [2.45, 2.75) is 0 Å². The van der Waals surface area contributed by atoms with Crippen molar-refractivity contribution >= 4 is 33.5 Å². The van der Waals surface area contributed by atoms with E-state index in [9.17, 15) is 20.2 Å². The van der Waals surface area contributed by atoms with Gasteiger partial charge in [-0.25, -0.2) is 0 Å². The Hall–Kier alpha value is -3.68. The summed E-state index contributed by atoms with van der Waals surface area (Å²) in [6.45, 7) is 0. The molecule has 8 heteroatoms. The van der Waals surface area contributed by atoms with Crippen LogP contribution in [0.15, 0.2) is 60.7 Å². The quantitative estimate of drug-likeness (QED) is 0.540. The van der Waals surface area contributed by atoms with E-state index < -0.39 is 9.85 Å². The van der Waals surface area contributed by atoms with E-state index in [0.717, 1.165) is 16.8 Å². The van der Waals surface area contributed by atoms with Crippen molar-refractivity contribution < 1.29 is 9.85 Å². The lowest BCUT2D eigenvalue weighted by Gasteiger charge is -2.10. The van der Waals surface area contributed by atoms with Crippen LogP contribution < -0.4 is 10.9 Å². The predicted octanol–water partition coefficient (Wildman–Crippen LogP) is 4.10. The number of nitro groups is 2. The smallest absolute Gasteiger partial charge is 0.300 e. The van der Waals surface area contributed by atoms with Gasteiger partial charge in [0.2, 0.25) is 0 Å². The van der Waals surface area contributed by atoms with E-state index in [1.165, 1.54) is 12.1 Å². The fourth-order valence-corrected chi connectivity index (χ4v) is 2.30. The molecule has 0 heterocycles. The first-order valence-electron chi connectivity index (χ1n) is 6.98. The van der Waals surface area contributed by atoms with E-state index in [4.69, 9.17) is 0 Å². The number of anilines is 2. The maximum absolute atomic E-state index is 11.1. The van der Waals surface area contributed by atoms with Crippen molar-refractivity contribution in [3.05, 3.63) is 80.9 Å². The third-order valence-corrected chi connectivity index (χ3v) is 3.48. The van der Waals surface area contributed by atoms with Crippen LogP contribution in [0.1, 0.15) is 0 Å². The van der Waals surface area contributed by atoms with Crippen molar-refractivity contribution in [2.24, 2.45) is 0 Å². The summed E-state index contributed by atoms with van der Waals surface area (Å²) in [4.78, 5) is 20.5. The minimum atomic E-state index is -0.673. The first kappa shape index (κ1) is 15.2. The van der Waals surface area contributed by atoms with E-state index in [0.29, 0.717) is 5.69 Å². The molecule has 0 aliphatic rings. The number of non-ortho nitro benzene ring substituents is 1. The second-order valence-corrected chi connectivity index (χ2v) is 5.03. The van der Waals surface area contributed by atoms with E-state index in [1.54, 1.807) is 0 Å². The highest BCUT2D eigenvalue weighted by molar-refractivity contribution is 5.86. The number of benzene rings is 3. The standard InChI is InChI=1S/C16H12N4O4/c21-19(22)14-7-8-15(16(10-14)20(23)24)18-17-13-6-5-11-3-1-2-4-12(11)9-13/h1-10,17-18H. The molecule has 0 aromatic heterocycles. The third kappa shape index (κ3) is 3.07. The Kier molecular flexibility index (Phi) is 3.94. The highest BCUT2D eigenvalue weighted by Gasteiger charge is 2.19. The summed E-state index contributed by atoms with van der Waals surface area (Å²) in [7, 11) is 0. The summed E-state index contributed by atoms with van der Waals surface area (Å²) in [5.74, 6) is 0. The highest BCUT2D eigenvalue weighted by Crippen LogP contribution is 2.29. The maximum Gasteiger partial charge on any atom is 0.300 e. The zero-order valence-corrected chi connectivity index (χ0v) is 12.3. The van der Waals surface area contributed by atoms with Crippen LogP contribution in [0.4, 0.5) is 22.7 Å². The Morgan fingerprint density at radius 3 is 2.21 bits per heavy atom. The average molecular weight is 324 g/mol. The van der Waals surface area contributed by atoms with Gasteiger partial charge in [0.15, 0.2) is 0 Å². The first-order chi connectivity index (χ1) is 11.5. The Morgan fingerprint density at radius 1 is 0.750 bits per heavy atom. The molecule has 0 aliphatic carbocycles. The highest BCUT2D eigenvalue weighted by atomic mass is 16.6. The molecule has 0 aliphatic heterocycles. The molecule has 3 rings (SSSR count). The normalized spacial score (nSPS) is 10.3. The van der Waals surface area contributed by atoms with Gasteiger partial charge in [-0.2, -0.15) is 0 Å². The molecule has 0 saturated heterocycles. The zero-order valence-electron chi connectivity index (χ0n) is 12.3. The van der Waals surface area contributed by atoms with Crippen LogP contribution in [0.2, 0.25) is 0 Å². The monoisotopic (exact) mass is 324 g/mol. The van der Waals surface area contributed by atoms with Gasteiger partial charge in [-0.1, -0.05) is 30.3 Å². The molecule has 0 atom stereocenters. The minimum absolute atomic E-state index is 0.138. The Balaban J connectivity index is 1.84. The second kappa shape index (κ2) is 6.21. The van der Waals surface area contributed by atoms with E-state index in [1.807, 2.05) is 42.5 Å². The van der Waals surface area contributed by atoms with Gasteiger partial charge in [0.05, 0.1) is 21.6 Å². The lowest BCUT2D eigenvalue weighted by atomic mass is 10.1. The summed E-state index contributed by atoms with van der Waals surface area (Å²) in [5, 5.41) is 23.9. The topological polar surface area (TPSA) is 110 Å². The van der Waals surface area contributed by atoms with Gasteiger partial charge >= 0.3 is 5.69 Å². The van der Waals surface area contributed by atoms with Crippen LogP contribution in [-0.2, 0) is 0 Å². The molecule has 0 bridgehead atoms. The number of hydrazine groups is 1. The summed E-state index contributed by atoms with van der Waals surface area (Å²) >= 11 is 0. The summed E-state index contributed by atoms with van der Waals surface area (Å²) < 4.78 is 0. The van der Waals surface area contributed by atoms with E-state index in [2.05, 4.69) is 10.9 Å². The molecule has 0 saturated carbocycles.